The van der Waals surface area contributed by atoms with Gasteiger partial charge in [0.1, 0.15) is 11.6 Å². The Bertz CT molecular complexity index is 462. The molecule has 1 heterocycles. The van der Waals surface area contributed by atoms with Crippen LogP contribution in [0, 0.1) is 17.0 Å². The second-order valence-corrected chi connectivity index (χ2v) is 5.47. The molecule has 19 heavy (non-hydrogen) atoms. The molecule has 1 saturated heterocycles. The fourth-order valence-corrected chi connectivity index (χ4v) is 2.31. The molecular weight excluding hydrogens is 250 g/mol. The van der Waals surface area contributed by atoms with Gasteiger partial charge < -0.3 is 10.6 Å². The van der Waals surface area contributed by atoms with Gasteiger partial charge in [-0.3, -0.25) is 4.79 Å². The predicted octanol–water partition coefficient (Wildman–Crippen LogP) is 2.17. The Morgan fingerprint density at radius 3 is 2.26 bits per heavy atom. The number of hydrogen-bond acceptors (Lipinski definition) is 2. The summed E-state index contributed by atoms with van der Waals surface area (Å²) in [7, 11) is 0. The number of nitrogens with two attached hydrogens (primary N) is 1. The fraction of sp³-hybridized carbons (Fsp3) is 0.500. The van der Waals surface area contributed by atoms with Gasteiger partial charge in [-0.25, -0.2) is 8.78 Å². The van der Waals surface area contributed by atoms with Gasteiger partial charge in [-0.15, -0.1) is 0 Å². The van der Waals surface area contributed by atoms with E-state index in [0.29, 0.717) is 19.6 Å². The first-order valence-electron chi connectivity index (χ1n) is 6.39. The molecule has 0 atom stereocenters. The van der Waals surface area contributed by atoms with Gasteiger partial charge in [0.2, 0.25) is 0 Å². The average Bonchev–Trinajstić information content (AvgIpc) is 2.38. The van der Waals surface area contributed by atoms with Crippen molar-refractivity contribution >= 4 is 5.91 Å². The first-order valence-corrected chi connectivity index (χ1v) is 6.39. The maximum atomic E-state index is 13.1. The molecule has 1 fully saturated rings. The zero-order valence-electron chi connectivity index (χ0n) is 11.0. The van der Waals surface area contributed by atoms with Crippen molar-refractivity contribution in [2.75, 3.05) is 19.6 Å². The van der Waals surface area contributed by atoms with E-state index in [1.54, 1.807) is 4.90 Å². The number of piperidine rings is 1. The van der Waals surface area contributed by atoms with Crippen molar-refractivity contribution in [2.45, 2.75) is 19.8 Å². The van der Waals surface area contributed by atoms with Gasteiger partial charge in [0, 0.05) is 24.7 Å². The molecule has 1 aromatic rings. The Hall–Kier alpha value is -1.49. The van der Waals surface area contributed by atoms with Gasteiger partial charge in [0.05, 0.1) is 0 Å². The van der Waals surface area contributed by atoms with Crippen molar-refractivity contribution in [1.29, 1.82) is 0 Å². The van der Waals surface area contributed by atoms with Crippen LogP contribution >= 0.6 is 0 Å². The number of hydrogen-bond donors (Lipinski definition) is 1. The Morgan fingerprint density at radius 2 is 1.79 bits per heavy atom. The van der Waals surface area contributed by atoms with Crippen LogP contribution in [0.5, 0.6) is 0 Å². The summed E-state index contributed by atoms with van der Waals surface area (Å²) < 4.78 is 26.2. The Kier molecular flexibility index (Phi) is 3.85. The SMILES string of the molecule is CC1(CN)CCN(C(=O)c2cc(F)cc(F)c2)CC1. The van der Waals surface area contributed by atoms with Crippen LogP contribution in [0.4, 0.5) is 8.78 Å². The molecule has 3 nitrogen and oxygen atoms in total. The van der Waals surface area contributed by atoms with E-state index in [9.17, 15) is 13.6 Å². The molecule has 0 bridgehead atoms. The third kappa shape index (κ3) is 3.10. The van der Waals surface area contributed by atoms with E-state index in [2.05, 4.69) is 6.92 Å². The molecular formula is C14H18F2N2O. The highest BCUT2D eigenvalue weighted by molar-refractivity contribution is 5.94. The summed E-state index contributed by atoms with van der Waals surface area (Å²) in [5.74, 6) is -1.78. The highest BCUT2D eigenvalue weighted by atomic mass is 19.1. The van der Waals surface area contributed by atoms with Crippen molar-refractivity contribution in [3.63, 3.8) is 0 Å². The van der Waals surface area contributed by atoms with E-state index < -0.39 is 11.6 Å². The van der Waals surface area contributed by atoms with Crippen LogP contribution in [0.25, 0.3) is 0 Å². The highest BCUT2D eigenvalue weighted by Crippen LogP contribution is 2.30. The molecule has 1 amide bonds. The molecule has 2 N–H and O–H groups in total. The average molecular weight is 268 g/mol. The van der Waals surface area contributed by atoms with Crippen molar-refractivity contribution in [2.24, 2.45) is 11.1 Å². The van der Waals surface area contributed by atoms with Gasteiger partial charge in [-0.2, -0.15) is 0 Å². The molecule has 104 valence electrons. The summed E-state index contributed by atoms with van der Waals surface area (Å²) in [6.45, 7) is 3.83. The zero-order valence-corrected chi connectivity index (χ0v) is 11.0. The number of benzene rings is 1. The summed E-state index contributed by atoms with van der Waals surface area (Å²) in [6.07, 6.45) is 1.63. The van der Waals surface area contributed by atoms with Gasteiger partial charge in [-0.05, 0) is 36.9 Å². The molecule has 0 spiro atoms. The monoisotopic (exact) mass is 268 g/mol. The van der Waals surface area contributed by atoms with Gasteiger partial charge >= 0.3 is 0 Å². The van der Waals surface area contributed by atoms with Crippen LogP contribution in [0.3, 0.4) is 0 Å². The number of likely N-dealkylation sites (tertiary alicyclic amines) is 1. The first-order chi connectivity index (χ1) is 8.93. The summed E-state index contributed by atoms with van der Waals surface area (Å²) in [6, 6.07) is 2.91. The quantitative estimate of drug-likeness (QED) is 0.893. The maximum absolute atomic E-state index is 13.1. The molecule has 0 saturated carbocycles. The molecule has 0 aromatic heterocycles. The van der Waals surface area contributed by atoms with Crippen molar-refractivity contribution in [3.05, 3.63) is 35.4 Å². The van der Waals surface area contributed by atoms with Gasteiger partial charge in [0.25, 0.3) is 5.91 Å². The Balaban J connectivity index is 2.09. The van der Waals surface area contributed by atoms with Crippen LogP contribution < -0.4 is 5.73 Å². The lowest BCUT2D eigenvalue weighted by Crippen LogP contribution is -2.44. The van der Waals surface area contributed by atoms with E-state index in [4.69, 9.17) is 5.73 Å². The minimum atomic E-state index is -0.729. The lowest BCUT2D eigenvalue weighted by Gasteiger charge is -2.38. The lowest BCUT2D eigenvalue weighted by atomic mass is 9.80. The van der Waals surface area contributed by atoms with Gasteiger partial charge in [-0.1, -0.05) is 6.92 Å². The third-order valence-corrected chi connectivity index (χ3v) is 3.86. The number of nitrogens with zero attached hydrogens (tertiary/aromatic N) is 1. The molecule has 0 aliphatic carbocycles. The van der Waals surface area contributed by atoms with Gasteiger partial charge in [0.15, 0.2) is 0 Å². The molecule has 1 aliphatic rings. The molecule has 2 rings (SSSR count). The number of halogens is 2. The summed E-state index contributed by atoms with van der Waals surface area (Å²) in [5, 5.41) is 0. The second-order valence-electron chi connectivity index (χ2n) is 5.47. The molecule has 1 aromatic carbocycles. The van der Waals surface area contributed by atoms with Crippen LogP contribution in [0.1, 0.15) is 30.1 Å². The maximum Gasteiger partial charge on any atom is 0.254 e. The standard InChI is InChI=1S/C14H18F2N2O/c1-14(9-17)2-4-18(5-3-14)13(19)10-6-11(15)8-12(16)7-10/h6-8H,2-5,9,17H2,1H3. The second kappa shape index (κ2) is 5.25. The van der Waals surface area contributed by atoms with Crippen LogP contribution in [-0.2, 0) is 0 Å². The molecule has 1 aliphatic heterocycles. The van der Waals surface area contributed by atoms with E-state index >= 15 is 0 Å². The number of carbonyl (C=O) groups is 1. The summed E-state index contributed by atoms with van der Waals surface area (Å²) >= 11 is 0. The van der Waals surface area contributed by atoms with Crippen LogP contribution in [-0.4, -0.2) is 30.4 Å². The minimum absolute atomic E-state index is 0.0595. The van der Waals surface area contributed by atoms with E-state index in [1.165, 1.54) is 0 Å². The first kappa shape index (κ1) is 13.9. The third-order valence-electron chi connectivity index (χ3n) is 3.86. The van der Waals surface area contributed by atoms with Crippen LogP contribution in [0.15, 0.2) is 18.2 Å². The molecule has 0 unspecified atom stereocenters. The van der Waals surface area contributed by atoms with Crippen molar-refractivity contribution in [3.8, 4) is 0 Å². The largest absolute Gasteiger partial charge is 0.339 e. The van der Waals surface area contributed by atoms with E-state index in [-0.39, 0.29) is 16.9 Å². The molecule has 0 radical (unpaired) electrons. The minimum Gasteiger partial charge on any atom is -0.339 e. The van der Waals surface area contributed by atoms with E-state index in [0.717, 1.165) is 31.0 Å². The Labute approximate surface area is 111 Å². The van der Waals surface area contributed by atoms with Crippen molar-refractivity contribution in [1.82, 2.24) is 4.90 Å². The predicted molar refractivity (Wildman–Crippen MR) is 68.7 cm³/mol. The Morgan fingerprint density at radius 1 is 1.26 bits per heavy atom. The fourth-order valence-electron chi connectivity index (χ4n) is 2.31. The normalized spacial score (nSPS) is 18.4. The summed E-state index contributed by atoms with van der Waals surface area (Å²) in [4.78, 5) is 13.8. The van der Waals surface area contributed by atoms with Crippen LogP contribution in [0.2, 0.25) is 0 Å². The highest BCUT2D eigenvalue weighted by Gasteiger charge is 2.31. The number of rotatable bonds is 2. The molecule has 5 heteroatoms. The summed E-state index contributed by atoms with van der Waals surface area (Å²) in [5.41, 5.74) is 5.83. The topological polar surface area (TPSA) is 46.3 Å². The number of amides is 1. The lowest BCUT2D eigenvalue weighted by molar-refractivity contribution is 0.0616. The number of carbonyl (C=O) groups excluding carboxylic acids is 1. The smallest absolute Gasteiger partial charge is 0.254 e. The zero-order chi connectivity index (χ0) is 14.0. The van der Waals surface area contributed by atoms with E-state index in [1.807, 2.05) is 0 Å². The van der Waals surface area contributed by atoms with Crippen molar-refractivity contribution < 1.29 is 13.6 Å².